The standard InChI is InChI=1S/C10H11Cl2NO2S/c11-7-1-2-8(12)9(5-7)16-4-3-13-6-10(14)15/h1-2,5,13H,3-4,6H2,(H,14,15). The molecule has 1 aromatic rings. The fourth-order valence-electron chi connectivity index (χ4n) is 1.02. The second-order valence-electron chi connectivity index (χ2n) is 2.99. The average Bonchev–Trinajstić information content (AvgIpc) is 2.22. The maximum atomic E-state index is 10.2. The summed E-state index contributed by atoms with van der Waals surface area (Å²) in [5.74, 6) is -0.112. The van der Waals surface area contributed by atoms with E-state index in [1.807, 2.05) is 0 Å². The van der Waals surface area contributed by atoms with E-state index in [9.17, 15) is 4.79 Å². The van der Waals surface area contributed by atoms with E-state index in [-0.39, 0.29) is 6.54 Å². The molecule has 0 bridgehead atoms. The second kappa shape index (κ2) is 7.01. The van der Waals surface area contributed by atoms with Gasteiger partial charge in [-0.1, -0.05) is 23.2 Å². The molecule has 0 spiro atoms. The molecule has 16 heavy (non-hydrogen) atoms. The minimum absolute atomic E-state index is 0.0240. The highest BCUT2D eigenvalue weighted by molar-refractivity contribution is 7.99. The van der Waals surface area contributed by atoms with Crippen molar-refractivity contribution in [1.29, 1.82) is 0 Å². The van der Waals surface area contributed by atoms with Crippen molar-refractivity contribution in [2.45, 2.75) is 4.90 Å². The molecule has 0 fully saturated rings. The highest BCUT2D eigenvalue weighted by atomic mass is 35.5. The maximum absolute atomic E-state index is 10.2. The Balaban J connectivity index is 2.31. The number of thioether (sulfide) groups is 1. The van der Waals surface area contributed by atoms with Gasteiger partial charge in [0.1, 0.15) is 0 Å². The highest BCUT2D eigenvalue weighted by Gasteiger charge is 2.02. The molecule has 88 valence electrons. The largest absolute Gasteiger partial charge is 0.480 e. The Morgan fingerprint density at radius 2 is 2.19 bits per heavy atom. The van der Waals surface area contributed by atoms with Crippen LogP contribution in [0.3, 0.4) is 0 Å². The van der Waals surface area contributed by atoms with Crippen LogP contribution in [0.25, 0.3) is 0 Å². The molecule has 0 aliphatic rings. The zero-order chi connectivity index (χ0) is 12.0. The van der Waals surface area contributed by atoms with Gasteiger partial charge in [0.25, 0.3) is 0 Å². The Morgan fingerprint density at radius 1 is 1.44 bits per heavy atom. The third-order valence-electron chi connectivity index (χ3n) is 1.71. The summed E-state index contributed by atoms with van der Waals surface area (Å²) in [5, 5.41) is 12.5. The Bertz CT molecular complexity index is 374. The molecule has 3 nitrogen and oxygen atoms in total. The summed E-state index contributed by atoms with van der Waals surface area (Å²) in [6.07, 6.45) is 0. The topological polar surface area (TPSA) is 49.3 Å². The normalized spacial score (nSPS) is 10.4. The van der Waals surface area contributed by atoms with E-state index in [0.717, 1.165) is 10.6 Å². The minimum Gasteiger partial charge on any atom is -0.480 e. The van der Waals surface area contributed by atoms with Crippen LogP contribution in [0, 0.1) is 0 Å². The van der Waals surface area contributed by atoms with Crippen LogP contribution < -0.4 is 5.32 Å². The Labute approximate surface area is 108 Å². The van der Waals surface area contributed by atoms with Gasteiger partial charge in [-0.3, -0.25) is 4.79 Å². The summed E-state index contributed by atoms with van der Waals surface area (Å²) in [5.41, 5.74) is 0. The lowest BCUT2D eigenvalue weighted by Crippen LogP contribution is -2.24. The predicted molar refractivity (Wildman–Crippen MR) is 67.7 cm³/mol. The van der Waals surface area contributed by atoms with E-state index in [2.05, 4.69) is 5.32 Å². The Kier molecular flexibility index (Phi) is 5.98. The molecule has 0 aromatic heterocycles. The molecule has 0 amide bonds. The third-order valence-corrected chi connectivity index (χ3v) is 3.44. The number of carbonyl (C=O) groups is 1. The van der Waals surface area contributed by atoms with Gasteiger partial charge in [-0.05, 0) is 18.2 Å². The first-order valence-corrected chi connectivity index (χ1v) is 6.34. The summed E-state index contributed by atoms with van der Waals surface area (Å²) in [6, 6.07) is 5.28. The molecule has 0 aliphatic carbocycles. The smallest absolute Gasteiger partial charge is 0.317 e. The molecule has 6 heteroatoms. The molecule has 0 heterocycles. The average molecular weight is 280 g/mol. The van der Waals surface area contributed by atoms with Crippen LogP contribution in [0.4, 0.5) is 0 Å². The van der Waals surface area contributed by atoms with E-state index >= 15 is 0 Å². The van der Waals surface area contributed by atoms with Crippen LogP contribution in [0.5, 0.6) is 0 Å². The SMILES string of the molecule is O=C(O)CNCCSc1cc(Cl)ccc1Cl. The van der Waals surface area contributed by atoms with Gasteiger partial charge < -0.3 is 10.4 Å². The zero-order valence-corrected chi connectivity index (χ0v) is 10.7. The number of halogens is 2. The quantitative estimate of drug-likeness (QED) is 0.621. The summed E-state index contributed by atoms with van der Waals surface area (Å²) in [7, 11) is 0. The molecule has 1 aromatic carbocycles. The third kappa shape index (κ3) is 5.07. The van der Waals surface area contributed by atoms with Crippen LogP contribution >= 0.6 is 35.0 Å². The number of hydrogen-bond acceptors (Lipinski definition) is 3. The van der Waals surface area contributed by atoms with Gasteiger partial charge in [0.15, 0.2) is 0 Å². The lowest BCUT2D eigenvalue weighted by atomic mass is 10.4. The van der Waals surface area contributed by atoms with E-state index in [0.29, 0.717) is 16.6 Å². The number of rotatable bonds is 6. The van der Waals surface area contributed by atoms with Gasteiger partial charge in [0.2, 0.25) is 0 Å². The van der Waals surface area contributed by atoms with Crippen LogP contribution in [0.2, 0.25) is 10.0 Å². The molecule has 0 unspecified atom stereocenters. The van der Waals surface area contributed by atoms with E-state index in [4.69, 9.17) is 28.3 Å². The number of aliphatic carboxylic acids is 1. The van der Waals surface area contributed by atoms with Crippen LogP contribution in [-0.4, -0.2) is 29.9 Å². The molecule has 0 radical (unpaired) electrons. The van der Waals surface area contributed by atoms with Crippen molar-refractivity contribution in [2.24, 2.45) is 0 Å². The number of nitrogens with one attached hydrogen (secondary N) is 1. The summed E-state index contributed by atoms with van der Waals surface area (Å²) >= 11 is 13.3. The van der Waals surface area contributed by atoms with E-state index in [1.165, 1.54) is 0 Å². The van der Waals surface area contributed by atoms with E-state index in [1.54, 1.807) is 30.0 Å². The lowest BCUT2D eigenvalue weighted by Gasteiger charge is -2.05. The van der Waals surface area contributed by atoms with Crippen LogP contribution in [0.15, 0.2) is 23.1 Å². The number of carboxylic acids is 1. The summed E-state index contributed by atoms with van der Waals surface area (Å²) in [4.78, 5) is 11.1. The molecule has 0 aliphatic heterocycles. The molecular formula is C10H11Cl2NO2S. The molecule has 0 atom stereocenters. The van der Waals surface area contributed by atoms with Crippen molar-refractivity contribution in [2.75, 3.05) is 18.8 Å². The molecule has 1 rings (SSSR count). The summed E-state index contributed by atoms with van der Waals surface area (Å²) < 4.78 is 0. The predicted octanol–water partition coefficient (Wildman–Crippen LogP) is 2.76. The monoisotopic (exact) mass is 279 g/mol. The van der Waals surface area contributed by atoms with Crippen molar-refractivity contribution in [3.05, 3.63) is 28.2 Å². The van der Waals surface area contributed by atoms with Gasteiger partial charge >= 0.3 is 5.97 Å². The van der Waals surface area contributed by atoms with Gasteiger partial charge in [0.05, 0.1) is 11.6 Å². The van der Waals surface area contributed by atoms with Crippen LogP contribution in [-0.2, 0) is 4.79 Å². The molecule has 2 N–H and O–H groups in total. The number of carboxylic acid groups (broad SMARTS) is 1. The fourth-order valence-corrected chi connectivity index (χ4v) is 2.42. The fraction of sp³-hybridized carbons (Fsp3) is 0.300. The van der Waals surface area contributed by atoms with Crippen molar-refractivity contribution < 1.29 is 9.90 Å². The van der Waals surface area contributed by atoms with Crippen molar-refractivity contribution in [3.63, 3.8) is 0 Å². The Morgan fingerprint density at radius 3 is 2.88 bits per heavy atom. The van der Waals surface area contributed by atoms with Gasteiger partial charge in [-0.2, -0.15) is 0 Å². The number of benzene rings is 1. The minimum atomic E-state index is -0.856. The first kappa shape index (κ1) is 13.6. The van der Waals surface area contributed by atoms with Crippen molar-refractivity contribution in [1.82, 2.24) is 5.32 Å². The molecule has 0 saturated carbocycles. The zero-order valence-electron chi connectivity index (χ0n) is 8.37. The van der Waals surface area contributed by atoms with Crippen molar-refractivity contribution >= 4 is 40.9 Å². The molecule has 0 saturated heterocycles. The lowest BCUT2D eigenvalue weighted by molar-refractivity contribution is -0.135. The van der Waals surface area contributed by atoms with E-state index < -0.39 is 5.97 Å². The van der Waals surface area contributed by atoms with Crippen LogP contribution in [0.1, 0.15) is 0 Å². The van der Waals surface area contributed by atoms with Gasteiger partial charge in [-0.15, -0.1) is 11.8 Å². The highest BCUT2D eigenvalue weighted by Crippen LogP contribution is 2.29. The first-order valence-electron chi connectivity index (χ1n) is 4.60. The van der Waals surface area contributed by atoms with Crippen molar-refractivity contribution in [3.8, 4) is 0 Å². The first-order chi connectivity index (χ1) is 7.59. The molecular weight excluding hydrogens is 269 g/mol. The Hall–Kier alpha value is -0.420. The van der Waals surface area contributed by atoms with Gasteiger partial charge in [0, 0.05) is 22.2 Å². The number of hydrogen-bond donors (Lipinski definition) is 2. The van der Waals surface area contributed by atoms with Gasteiger partial charge in [-0.25, -0.2) is 0 Å². The summed E-state index contributed by atoms with van der Waals surface area (Å²) in [6.45, 7) is 0.587. The second-order valence-corrected chi connectivity index (χ2v) is 4.97. The maximum Gasteiger partial charge on any atom is 0.317 e.